The summed E-state index contributed by atoms with van der Waals surface area (Å²) in [6.45, 7) is 8.22. The Hall–Kier alpha value is -2.23. The Kier molecular flexibility index (Phi) is 4.91. The Bertz CT molecular complexity index is 678. The van der Waals surface area contributed by atoms with Crippen LogP contribution in [0.15, 0.2) is 42.2 Å². The van der Waals surface area contributed by atoms with Crippen LogP contribution in [0.4, 0.5) is 0 Å². The third-order valence-corrected chi connectivity index (χ3v) is 3.21. The van der Waals surface area contributed by atoms with Crippen LogP contribution in [0.2, 0.25) is 0 Å². The molecule has 0 spiro atoms. The van der Waals surface area contributed by atoms with Gasteiger partial charge in [0.25, 0.3) is 0 Å². The summed E-state index contributed by atoms with van der Waals surface area (Å²) in [5.41, 5.74) is 2.78. The molecule has 118 valence electrons. The smallest absolute Gasteiger partial charge is 0.333 e. The maximum Gasteiger partial charge on any atom is 0.333 e. The number of para-hydroxylation sites is 1. The summed E-state index contributed by atoms with van der Waals surface area (Å²) in [7, 11) is 0. The molecule has 4 nitrogen and oxygen atoms in total. The molecule has 0 saturated carbocycles. The lowest BCUT2D eigenvalue weighted by Crippen LogP contribution is -2.24. The van der Waals surface area contributed by atoms with Crippen LogP contribution in [0.5, 0.6) is 0 Å². The van der Waals surface area contributed by atoms with Gasteiger partial charge in [-0.3, -0.25) is 0 Å². The minimum atomic E-state index is -0.460. The average molecular weight is 300 g/mol. The van der Waals surface area contributed by atoms with E-state index >= 15 is 0 Å². The summed E-state index contributed by atoms with van der Waals surface area (Å²) < 4.78 is 5.26. The van der Waals surface area contributed by atoms with Crippen molar-refractivity contribution in [2.24, 2.45) is 0 Å². The molecule has 2 aromatic rings. The second kappa shape index (κ2) is 6.69. The van der Waals surface area contributed by atoms with E-state index in [9.17, 15) is 4.79 Å². The Morgan fingerprint density at radius 1 is 1.32 bits per heavy atom. The molecular formula is C18H24N2O2. The zero-order chi connectivity index (χ0) is 16.2. The van der Waals surface area contributed by atoms with Gasteiger partial charge in [-0.2, -0.15) is 0 Å². The molecule has 0 aliphatic rings. The van der Waals surface area contributed by atoms with E-state index < -0.39 is 5.60 Å². The fourth-order valence-corrected chi connectivity index (χ4v) is 2.29. The van der Waals surface area contributed by atoms with Crippen molar-refractivity contribution in [2.75, 3.05) is 6.54 Å². The molecule has 4 heteroatoms. The van der Waals surface area contributed by atoms with E-state index in [0.717, 1.165) is 24.2 Å². The molecule has 1 heterocycles. The maximum absolute atomic E-state index is 11.7. The predicted octanol–water partition coefficient (Wildman–Crippen LogP) is 3.55. The number of hydrogen-bond acceptors (Lipinski definition) is 3. The summed E-state index contributed by atoms with van der Waals surface area (Å²) in [5.74, 6) is -0.315. The lowest BCUT2D eigenvalue weighted by molar-refractivity contribution is -0.148. The van der Waals surface area contributed by atoms with Gasteiger partial charge in [-0.25, -0.2) is 4.79 Å². The third kappa shape index (κ3) is 4.65. The molecule has 0 unspecified atom stereocenters. The average Bonchev–Trinajstić information content (AvgIpc) is 2.80. The highest BCUT2D eigenvalue weighted by molar-refractivity contribution is 5.83. The number of aromatic nitrogens is 1. The number of esters is 1. The molecule has 0 amide bonds. The summed E-state index contributed by atoms with van der Waals surface area (Å²) in [5, 5.41) is 4.50. The molecule has 0 aliphatic carbocycles. The van der Waals surface area contributed by atoms with Crippen LogP contribution in [0.3, 0.4) is 0 Å². The molecule has 1 aromatic carbocycles. The van der Waals surface area contributed by atoms with Crippen LogP contribution in [-0.4, -0.2) is 23.1 Å². The first-order valence-corrected chi connectivity index (χ1v) is 7.55. The number of carbonyl (C=O) groups excluding carboxylic acids is 1. The molecule has 0 fully saturated rings. The number of hydrogen-bond donors (Lipinski definition) is 2. The Morgan fingerprint density at radius 3 is 2.77 bits per heavy atom. The number of aromatic amines is 1. The minimum Gasteiger partial charge on any atom is -0.457 e. The molecular weight excluding hydrogens is 276 g/mol. The van der Waals surface area contributed by atoms with Gasteiger partial charge in [0, 0.05) is 35.4 Å². The van der Waals surface area contributed by atoms with Crippen LogP contribution in [0.25, 0.3) is 10.9 Å². The largest absolute Gasteiger partial charge is 0.457 e. The van der Waals surface area contributed by atoms with Crippen molar-refractivity contribution in [3.63, 3.8) is 0 Å². The van der Waals surface area contributed by atoms with Gasteiger partial charge in [0.15, 0.2) is 0 Å². The van der Waals surface area contributed by atoms with Gasteiger partial charge in [0.2, 0.25) is 0 Å². The normalized spacial score (nSPS) is 12.5. The van der Waals surface area contributed by atoms with Crippen LogP contribution in [0, 0.1) is 0 Å². The highest BCUT2D eigenvalue weighted by Gasteiger charge is 2.14. The van der Waals surface area contributed by atoms with Crippen LogP contribution < -0.4 is 5.32 Å². The van der Waals surface area contributed by atoms with E-state index in [2.05, 4.69) is 22.4 Å². The molecule has 0 saturated heterocycles. The van der Waals surface area contributed by atoms with Gasteiger partial charge in [0.1, 0.15) is 5.60 Å². The first kappa shape index (κ1) is 16.1. The number of nitrogens with one attached hydrogen (secondary N) is 2. The molecule has 0 atom stereocenters. The minimum absolute atomic E-state index is 0.315. The highest BCUT2D eigenvalue weighted by Crippen LogP contribution is 2.17. The lowest BCUT2D eigenvalue weighted by atomic mass is 10.1. The number of rotatable bonds is 5. The number of benzene rings is 1. The Balaban J connectivity index is 1.87. The third-order valence-electron chi connectivity index (χ3n) is 3.21. The SMILES string of the molecule is CC(=CC(=O)OC(C)(C)C)NCCc1c[nH]c2ccccc12. The number of carbonyl (C=O) groups is 1. The van der Waals surface area contributed by atoms with Gasteiger partial charge in [-0.15, -0.1) is 0 Å². The van der Waals surface area contributed by atoms with E-state index in [-0.39, 0.29) is 5.97 Å². The molecule has 0 bridgehead atoms. The molecule has 0 aliphatic heterocycles. The van der Waals surface area contributed by atoms with Crippen molar-refractivity contribution in [1.82, 2.24) is 10.3 Å². The standard InChI is InChI=1S/C18H24N2O2/c1-13(11-17(21)22-18(2,3)4)19-10-9-14-12-20-16-8-6-5-7-15(14)16/h5-8,11-12,19-20H,9-10H2,1-4H3. The summed E-state index contributed by atoms with van der Waals surface area (Å²) in [6.07, 6.45) is 4.43. The number of fused-ring (bicyclic) bond motifs is 1. The molecule has 0 radical (unpaired) electrons. The van der Waals surface area contributed by atoms with E-state index in [1.807, 2.05) is 46.0 Å². The zero-order valence-electron chi connectivity index (χ0n) is 13.7. The van der Waals surface area contributed by atoms with Crippen molar-refractivity contribution in [3.8, 4) is 0 Å². The lowest BCUT2D eigenvalue weighted by Gasteiger charge is -2.18. The maximum atomic E-state index is 11.7. The monoisotopic (exact) mass is 300 g/mol. The van der Waals surface area contributed by atoms with Gasteiger partial charge >= 0.3 is 5.97 Å². The van der Waals surface area contributed by atoms with Crippen LogP contribution in [-0.2, 0) is 16.0 Å². The zero-order valence-corrected chi connectivity index (χ0v) is 13.7. The van der Waals surface area contributed by atoms with Crippen molar-refractivity contribution in [2.45, 2.75) is 39.7 Å². The van der Waals surface area contributed by atoms with E-state index in [4.69, 9.17) is 4.74 Å². The van der Waals surface area contributed by atoms with Gasteiger partial charge < -0.3 is 15.0 Å². The number of H-pyrrole nitrogens is 1. The van der Waals surface area contributed by atoms with Gasteiger partial charge in [-0.05, 0) is 45.7 Å². The van der Waals surface area contributed by atoms with Crippen LogP contribution in [0.1, 0.15) is 33.3 Å². The van der Waals surface area contributed by atoms with Crippen molar-refractivity contribution in [1.29, 1.82) is 0 Å². The summed E-state index contributed by atoms with van der Waals surface area (Å²) in [4.78, 5) is 15.0. The quantitative estimate of drug-likeness (QED) is 0.656. The fraction of sp³-hybridized carbons (Fsp3) is 0.389. The molecule has 2 rings (SSSR count). The van der Waals surface area contributed by atoms with E-state index in [1.165, 1.54) is 17.0 Å². The molecule has 22 heavy (non-hydrogen) atoms. The van der Waals surface area contributed by atoms with E-state index in [1.54, 1.807) is 0 Å². The van der Waals surface area contributed by atoms with Crippen molar-refractivity contribution in [3.05, 3.63) is 47.8 Å². The van der Waals surface area contributed by atoms with Gasteiger partial charge in [-0.1, -0.05) is 18.2 Å². The van der Waals surface area contributed by atoms with Crippen molar-refractivity contribution >= 4 is 16.9 Å². The first-order valence-electron chi connectivity index (χ1n) is 7.55. The summed E-state index contributed by atoms with van der Waals surface area (Å²) >= 11 is 0. The topological polar surface area (TPSA) is 54.1 Å². The van der Waals surface area contributed by atoms with Crippen LogP contribution >= 0.6 is 0 Å². The van der Waals surface area contributed by atoms with Crippen molar-refractivity contribution < 1.29 is 9.53 Å². The Morgan fingerprint density at radius 2 is 2.05 bits per heavy atom. The summed E-state index contributed by atoms with van der Waals surface area (Å²) in [6, 6.07) is 8.25. The first-order chi connectivity index (χ1) is 10.3. The predicted molar refractivity (Wildman–Crippen MR) is 89.6 cm³/mol. The highest BCUT2D eigenvalue weighted by atomic mass is 16.6. The second-order valence-electron chi connectivity index (χ2n) is 6.40. The second-order valence-corrected chi connectivity index (χ2v) is 6.40. The molecule has 2 N–H and O–H groups in total. The van der Waals surface area contributed by atoms with Gasteiger partial charge in [0.05, 0.1) is 0 Å². The fourth-order valence-electron chi connectivity index (χ4n) is 2.29. The number of ether oxygens (including phenoxy) is 1. The number of allylic oxidation sites excluding steroid dienone is 1. The molecule has 1 aromatic heterocycles. The Labute approximate surface area is 131 Å². The van der Waals surface area contributed by atoms with E-state index in [0.29, 0.717) is 0 Å².